The second kappa shape index (κ2) is 7.28. The predicted molar refractivity (Wildman–Crippen MR) is 93.7 cm³/mol. The lowest BCUT2D eigenvalue weighted by Gasteiger charge is -2.16. The van der Waals surface area contributed by atoms with Crippen LogP contribution in [0.15, 0.2) is 30.9 Å². The Labute approximate surface area is 157 Å². The Hall–Kier alpha value is -2.86. The van der Waals surface area contributed by atoms with Crippen molar-refractivity contribution in [3.63, 3.8) is 0 Å². The zero-order chi connectivity index (χ0) is 19.8. The number of aliphatic hydroxyl groups is 3. The molecule has 1 aliphatic heterocycles. The number of halogens is 1. The smallest absolute Gasteiger partial charge is 0.167 e. The normalized spacial score (nSPS) is 24.7. The molecule has 11 heteroatoms. The molecule has 1 fully saturated rings. The molecule has 0 saturated carbocycles. The molecule has 3 heterocycles. The molecule has 0 amide bonds. The number of nitrogens with one attached hydrogen (secondary N) is 1. The lowest BCUT2D eigenvalue weighted by molar-refractivity contribution is -0.0511. The van der Waals surface area contributed by atoms with E-state index in [1.165, 1.54) is 29.4 Å². The van der Waals surface area contributed by atoms with E-state index in [0.717, 1.165) is 6.07 Å². The van der Waals surface area contributed by atoms with Crippen LogP contribution in [0.1, 0.15) is 11.8 Å². The van der Waals surface area contributed by atoms with Crippen molar-refractivity contribution < 1.29 is 29.6 Å². The van der Waals surface area contributed by atoms with Crippen molar-refractivity contribution in [2.75, 3.05) is 11.9 Å². The van der Waals surface area contributed by atoms with Gasteiger partial charge in [-0.2, -0.15) is 0 Å². The Morgan fingerprint density at radius 2 is 2.00 bits per heavy atom. The van der Waals surface area contributed by atoms with Gasteiger partial charge in [0.25, 0.3) is 0 Å². The van der Waals surface area contributed by atoms with Gasteiger partial charge in [0.15, 0.2) is 23.2 Å². The minimum atomic E-state index is -1.27. The summed E-state index contributed by atoms with van der Waals surface area (Å²) in [7, 11) is 0. The number of fused-ring (bicyclic) bond motifs is 1. The molecular formula is C17H18FN5O5. The number of anilines is 1. The summed E-state index contributed by atoms with van der Waals surface area (Å²) < 4.78 is 20.3. The molecule has 0 spiro atoms. The monoisotopic (exact) mass is 391 g/mol. The lowest BCUT2D eigenvalue weighted by atomic mass is 10.1. The number of hydrogen-bond acceptors (Lipinski definition) is 9. The number of hydrogen-bond donors (Lipinski definition) is 5. The van der Waals surface area contributed by atoms with Gasteiger partial charge in [0.05, 0.1) is 12.9 Å². The Bertz CT molecular complexity index is 999. The molecule has 1 aromatic carbocycles. The van der Waals surface area contributed by atoms with Gasteiger partial charge in [-0.1, -0.05) is 0 Å². The van der Waals surface area contributed by atoms with Gasteiger partial charge in [0, 0.05) is 12.1 Å². The van der Waals surface area contributed by atoms with Crippen LogP contribution in [-0.2, 0) is 11.3 Å². The number of aliphatic hydroxyl groups excluding tert-OH is 3. The van der Waals surface area contributed by atoms with Crippen molar-refractivity contribution in [1.29, 1.82) is 0 Å². The molecule has 1 aliphatic rings. The highest BCUT2D eigenvalue weighted by molar-refractivity contribution is 5.82. The quantitative estimate of drug-likeness (QED) is 0.402. The number of ether oxygens (including phenoxy) is 1. The van der Waals surface area contributed by atoms with Crippen molar-refractivity contribution in [1.82, 2.24) is 19.5 Å². The first kappa shape index (κ1) is 18.5. The van der Waals surface area contributed by atoms with E-state index < -0.39 is 37.0 Å². The van der Waals surface area contributed by atoms with Gasteiger partial charge in [-0.3, -0.25) is 4.57 Å². The van der Waals surface area contributed by atoms with Gasteiger partial charge in [-0.25, -0.2) is 19.3 Å². The molecule has 0 aliphatic carbocycles. The van der Waals surface area contributed by atoms with Crippen LogP contribution in [0.25, 0.3) is 11.2 Å². The van der Waals surface area contributed by atoms with E-state index in [0.29, 0.717) is 22.5 Å². The van der Waals surface area contributed by atoms with E-state index in [-0.39, 0.29) is 12.3 Å². The van der Waals surface area contributed by atoms with Crippen LogP contribution in [0.2, 0.25) is 0 Å². The first-order chi connectivity index (χ1) is 13.5. The van der Waals surface area contributed by atoms with Gasteiger partial charge in [-0.15, -0.1) is 0 Å². The van der Waals surface area contributed by atoms with E-state index in [9.17, 15) is 24.8 Å². The van der Waals surface area contributed by atoms with E-state index >= 15 is 0 Å². The highest BCUT2D eigenvalue weighted by Gasteiger charge is 2.44. The van der Waals surface area contributed by atoms with Crippen molar-refractivity contribution in [2.24, 2.45) is 0 Å². The molecule has 4 atom stereocenters. The standard InChI is InChI=1S/C17H18FN5O5/c18-9-1-2-10(25)8(3-9)4-19-15-12-16(21-6-20-15)23(7-22-12)17-14(27)13(26)11(5-24)28-17/h1-3,6-7,11,13-14,17,24-27H,4-5H2,(H,19,20,21)/t11-,13-,14+,17-/m1/s1. The van der Waals surface area contributed by atoms with E-state index in [4.69, 9.17) is 4.74 Å². The first-order valence-electron chi connectivity index (χ1n) is 8.51. The molecule has 0 unspecified atom stereocenters. The lowest BCUT2D eigenvalue weighted by Crippen LogP contribution is -2.33. The van der Waals surface area contributed by atoms with Gasteiger partial charge in [0.1, 0.15) is 36.2 Å². The molecule has 148 valence electrons. The van der Waals surface area contributed by atoms with E-state index in [1.807, 2.05) is 0 Å². The van der Waals surface area contributed by atoms with Crippen LogP contribution < -0.4 is 5.32 Å². The van der Waals surface area contributed by atoms with Crippen molar-refractivity contribution in [3.8, 4) is 5.75 Å². The Morgan fingerprint density at radius 3 is 2.75 bits per heavy atom. The number of nitrogens with zero attached hydrogens (tertiary/aromatic N) is 4. The maximum Gasteiger partial charge on any atom is 0.167 e. The second-order valence-corrected chi connectivity index (χ2v) is 6.40. The van der Waals surface area contributed by atoms with Crippen molar-refractivity contribution in [3.05, 3.63) is 42.2 Å². The Balaban J connectivity index is 1.61. The maximum atomic E-state index is 13.4. The molecule has 1 saturated heterocycles. The number of benzene rings is 1. The zero-order valence-corrected chi connectivity index (χ0v) is 14.5. The average molecular weight is 391 g/mol. The van der Waals surface area contributed by atoms with E-state index in [2.05, 4.69) is 20.3 Å². The first-order valence-corrected chi connectivity index (χ1v) is 8.51. The molecule has 5 N–H and O–H groups in total. The highest BCUT2D eigenvalue weighted by atomic mass is 19.1. The van der Waals surface area contributed by atoms with Gasteiger partial charge < -0.3 is 30.5 Å². The van der Waals surface area contributed by atoms with Crippen LogP contribution in [0.5, 0.6) is 5.75 Å². The molecular weight excluding hydrogens is 373 g/mol. The van der Waals surface area contributed by atoms with Crippen LogP contribution in [0, 0.1) is 5.82 Å². The summed E-state index contributed by atoms with van der Waals surface area (Å²) in [4.78, 5) is 12.5. The zero-order valence-electron chi connectivity index (χ0n) is 14.5. The summed E-state index contributed by atoms with van der Waals surface area (Å²) in [5.41, 5.74) is 1.03. The molecule has 28 heavy (non-hydrogen) atoms. The number of phenolic OH excluding ortho intramolecular Hbond substituents is 1. The number of aromatic hydroxyl groups is 1. The van der Waals surface area contributed by atoms with E-state index in [1.54, 1.807) is 0 Å². The Kier molecular flexibility index (Phi) is 4.81. The fraction of sp³-hybridized carbons (Fsp3) is 0.353. The second-order valence-electron chi connectivity index (χ2n) is 6.40. The number of imidazole rings is 1. The SMILES string of the molecule is OC[C@H]1O[C@@H](n2cnc3c(NCc4cc(F)ccc4O)ncnc32)[C@@H](O)[C@@H]1O. The predicted octanol–water partition coefficient (Wildman–Crippen LogP) is -0.105. The third-order valence-corrected chi connectivity index (χ3v) is 4.64. The number of rotatable bonds is 5. The molecule has 10 nitrogen and oxygen atoms in total. The minimum absolute atomic E-state index is 0.0590. The summed E-state index contributed by atoms with van der Waals surface area (Å²) in [6.45, 7) is -0.351. The summed E-state index contributed by atoms with van der Waals surface area (Å²) in [6.07, 6.45) is -1.77. The number of phenols is 1. The molecule has 0 bridgehead atoms. The molecule has 2 aromatic heterocycles. The van der Waals surface area contributed by atoms with Crippen LogP contribution in [0.3, 0.4) is 0 Å². The van der Waals surface area contributed by atoms with Gasteiger partial charge in [0.2, 0.25) is 0 Å². The Morgan fingerprint density at radius 1 is 1.18 bits per heavy atom. The minimum Gasteiger partial charge on any atom is -0.508 e. The fourth-order valence-corrected chi connectivity index (χ4v) is 3.15. The fourth-order valence-electron chi connectivity index (χ4n) is 3.15. The van der Waals surface area contributed by atoms with Crippen LogP contribution >= 0.6 is 0 Å². The molecule has 0 radical (unpaired) electrons. The third-order valence-electron chi connectivity index (χ3n) is 4.64. The molecule has 3 aromatic rings. The summed E-state index contributed by atoms with van der Waals surface area (Å²) in [6, 6.07) is 3.63. The summed E-state index contributed by atoms with van der Waals surface area (Å²) in [5, 5.41) is 42.2. The molecule has 4 rings (SSSR count). The van der Waals surface area contributed by atoms with Gasteiger partial charge in [-0.05, 0) is 18.2 Å². The maximum absolute atomic E-state index is 13.4. The summed E-state index contributed by atoms with van der Waals surface area (Å²) in [5.74, 6) is -0.202. The summed E-state index contributed by atoms with van der Waals surface area (Å²) >= 11 is 0. The largest absolute Gasteiger partial charge is 0.508 e. The van der Waals surface area contributed by atoms with Gasteiger partial charge >= 0.3 is 0 Å². The topological polar surface area (TPSA) is 146 Å². The average Bonchev–Trinajstić information content (AvgIpc) is 3.24. The van der Waals surface area contributed by atoms with Crippen molar-refractivity contribution >= 4 is 17.0 Å². The number of aromatic nitrogens is 4. The van der Waals surface area contributed by atoms with Crippen LogP contribution in [-0.4, -0.2) is 64.9 Å². The highest BCUT2D eigenvalue weighted by Crippen LogP contribution is 2.32. The van der Waals surface area contributed by atoms with Crippen molar-refractivity contribution in [2.45, 2.75) is 31.1 Å². The van der Waals surface area contributed by atoms with Crippen LogP contribution in [0.4, 0.5) is 10.2 Å². The third kappa shape index (κ3) is 3.14.